The fraction of sp³-hybridized carbons (Fsp3) is 0.368. The van der Waals surface area contributed by atoms with Crippen molar-refractivity contribution in [2.45, 2.75) is 26.4 Å². The Labute approximate surface area is 138 Å². The fourth-order valence-electron chi connectivity index (χ4n) is 2.32. The molecule has 3 heteroatoms. The number of rotatable bonds is 7. The van der Waals surface area contributed by atoms with Crippen molar-refractivity contribution < 1.29 is 4.74 Å². The number of nitrogens with zero attached hydrogens (tertiary/aromatic N) is 1. The molecule has 0 saturated carbocycles. The maximum Gasteiger partial charge on any atom is 0.123 e. The lowest BCUT2D eigenvalue weighted by Gasteiger charge is -2.14. The Morgan fingerprint density at radius 2 is 1.77 bits per heavy atom. The minimum atomic E-state index is 0.586. The van der Waals surface area contributed by atoms with E-state index in [4.69, 9.17) is 16.3 Å². The molecule has 0 bridgehead atoms. The topological polar surface area (TPSA) is 12.5 Å². The monoisotopic (exact) mass is 317 g/mol. The second-order valence-electron chi connectivity index (χ2n) is 5.93. The second kappa shape index (κ2) is 8.21. The molecule has 0 unspecified atom stereocenters. The zero-order valence-corrected chi connectivity index (χ0v) is 14.4. The molecule has 2 aromatic carbocycles. The van der Waals surface area contributed by atoms with Crippen molar-refractivity contribution in [1.29, 1.82) is 0 Å². The summed E-state index contributed by atoms with van der Waals surface area (Å²) in [6.45, 7) is 3.74. The molecule has 2 rings (SSSR count). The lowest BCUT2D eigenvalue weighted by Crippen LogP contribution is -2.13. The molecule has 0 heterocycles. The van der Waals surface area contributed by atoms with E-state index in [1.165, 1.54) is 16.7 Å². The molecular formula is C19H24ClNO. The van der Waals surface area contributed by atoms with Gasteiger partial charge in [-0.1, -0.05) is 41.4 Å². The van der Waals surface area contributed by atoms with Crippen LogP contribution in [-0.4, -0.2) is 25.5 Å². The summed E-state index contributed by atoms with van der Waals surface area (Å²) >= 11 is 6.13. The molecule has 0 amide bonds. The van der Waals surface area contributed by atoms with Crippen LogP contribution in [0.5, 0.6) is 5.75 Å². The third-order valence-electron chi connectivity index (χ3n) is 3.59. The summed E-state index contributed by atoms with van der Waals surface area (Å²) in [4.78, 5) is 2.19. The molecule has 2 aromatic rings. The molecule has 0 aliphatic carbocycles. The van der Waals surface area contributed by atoms with Crippen LogP contribution in [0.15, 0.2) is 42.5 Å². The molecule has 0 spiro atoms. The fourth-order valence-corrected chi connectivity index (χ4v) is 2.51. The van der Waals surface area contributed by atoms with Gasteiger partial charge in [0.1, 0.15) is 12.4 Å². The zero-order chi connectivity index (χ0) is 15.9. The molecule has 2 nitrogen and oxygen atoms in total. The quantitative estimate of drug-likeness (QED) is 0.732. The SMILES string of the molecule is Cc1ccc(COc2ccc(Cl)cc2CCCN(C)C)cc1. The number of hydrogen-bond acceptors (Lipinski definition) is 2. The Kier molecular flexibility index (Phi) is 6.29. The highest BCUT2D eigenvalue weighted by atomic mass is 35.5. The van der Waals surface area contributed by atoms with Crippen LogP contribution in [0.25, 0.3) is 0 Å². The second-order valence-corrected chi connectivity index (χ2v) is 6.37. The van der Waals surface area contributed by atoms with Gasteiger partial charge < -0.3 is 9.64 Å². The standard InChI is InChI=1S/C19H24ClNO/c1-15-6-8-16(9-7-15)14-22-19-11-10-18(20)13-17(19)5-4-12-21(2)3/h6-11,13H,4-5,12,14H2,1-3H3. The van der Waals surface area contributed by atoms with Crippen LogP contribution in [0.3, 0.4) is 0 Å². The maximum absolute atomic E-state index is 6.13. The van der Waals surface area contributed by atoms with Crippen LogP contribution in [0, 0.1) is 6.92 Å². The summed E-state index contributed by atoms with van der Waals surface area (Å²) in [5, 5.41) is 0.766. The van der Waals surface area contributed by atoms with Gasteiger partial charge in [0, 0.05) is 5.02 Å². The van der Waals surface area contributed by atoms with E-state index >= 15 is 0 Å². The number of hydrogen-bond donors (Lipinski definition) is 0. The van der Waals surface area contributed by atoms with Crippen molar-refractivity contribution in [1.82, 2.24) is 4.90 Å². The molecule has 0 aliphatic rings. The van der Waals surface area contributed by atoms with Crippen molar-refractivity contribution in [3.63, 3.8) is 0 Å². The Bertz CT molecular complexity index is 593. The molecule has 0 N–H and O–H groups in total. The first-order chi connectivity index (χ1) is 10.5. The van der Waals surface area contributed by atoms with Crippen molar-refractivity contribution in [2.24, 2.45) is 0 Å². The smallest absolute Gasteiger partial charge is 0.123 e. The van der Waals surface area contributed by atoms with Crippen molar-refractivity contribution in [3.8, 4) is 5.75 Å². The van der Waals surface area contributed by atoms with E-state index in [1.807, 2.05) is 18.2 Å². The summed E-state index contributed by atoms with van der Waals surface area (Å²) in [5.41, 5.74) is 3.63. The lowest BCUT2D eigenvalue weighted by atomic mass is 10.1. The van der Waals surface area contributed by atoms with Gasteiger partial charge in [-0.2, -0.15) is 0 Å². The maximum atomic E-state index is 6.13. The predicted molar refractivity (Wildman–Crippen MR) is 93.8 cm³/mol. The normalized spacial score (nSPS) is 11.0. The lowest BCUT2D eigenvalue weighted by molar-refractivity contribution is 0.302. The predicted octanol–water partition coefficient (Wildman–Crippen LogP) is 4.72. The van der Waals surface area contributed by atoms with E-state index < -0.39 is 0 Å². The Hall–Kier alpha value is -1.51. The first kappa shape index (κ1) is 16.9. The highest BCUT2D eigenvalue weighted by Gasteiger charge is 2.06. The van der Waals surface area contributed by atoms with E-state index in [1.54, 1.807) is 0 Å². The largest absolute Gasteiger partial charge is 0.489 e. The van der Waals surface area contributed by atoms with E-state index in [0.29, 0.717) is 6.61 Å². The molecule has 0 aliphatic heterocycles. The molecule has 22 heavy (non-hydrogen) atoms. The van der Waals surface area contributed by atoms with Crippen LogP contribution in [-0.2, 0) is 13.0 Å². The van der Waals surface area contributed by atoms with Gasteiger partial charge in [-0.15, -0.1) is 0 Å². The molecule has 0 saturated heterocycles. The molecule has 0 radical (unpaired) electrons. The van der Waals surface area contributed by atoms with E-state index in [-0.39, 0.29) is 0 Å². The molecule has 0 aromatic heterocycles. The first-order valence-corrected chi connectivity index (χ1v) is 8.04. The summed E-state index contributed by atoms with van der Waals surface area (Å²) in [6.07, 6.45) is 2.07. The van der Waals surface area contributed by atoms with Gasteiger partial charge in [0.05, 0.1) is 0 Å². The van der Waals surface area contributed by atoms with Gasteiger partial charge in [0.25, 0.3) is 0 Å². The summed E-state index contributed by atoms with van der Waals surface area (Å²) in [7, 11) is 4.18. The Morgan fingerprint density at radius 1 is 1.05 bits per heavy atom. The number of ether oxygens (including phenoxy) is 1. The molecule has 0 atom stereocenters. The third kappa shape index (κ3) is 5.36. The van der Waals surface area contributed by atoms with Crippen molar-refractivity contribution in [2.75, 3.05) is 20.6 Å². The van der Waals surface area contributed by atoms with E-state index in [9.17, 15) is 0 Å². The van der Waals surface area contributed by atoms with Gasteiger partial charge in [-0.25, -0.2) is 0 Å². The summed E-state index contributed by atoms with van der Waals surface area (Å²) < 4.78 is 6.00. The van der Waals surface area contributed by atoms with Crippen molar-refractivity contribution in [3.05, 3.63) is 64.2 Å². The Balaban J connectivity index is 2.01. The van der Waals surface area contributed by atoms with Gasteiger partial charge in [-0.3, -0.25) is 0 Å². The van der Waals surface area contributed by atoms with Crippen LogP contribution < -0.4 is 4.74 Å². The van der Waals surface area contributed by atoms with Gasteiger partial charge in [0.15, 0.2) is 0 Å². The number of aryl methyl sites for hydroxylation is 2. The highest BCUT2D eigenvalue weighted by Crippen LogP contribution is 2.25. The minimum Gasteiger partial charge on any atom is -0.489 e. The number of halogens is 1. The highest BCUT2D eigenvalue weighted by molar-refractivity contribution is 6.30. The average molecular weight is 318 g/mol. The molecule has 118 valence electrons. The van der Waals surface area contributed by atoms with Crippen molar-refractivity contribution >= 4 is 11.6 Å². The Morgan fingerprint density at radius 3 is 2.45 bits per heavy atom. The van der Waals surface area contributed by atoms with Crippen LogP contribution in [0.2, 0.25) is 5.02 Å². The van der Waals surface area contributed by atoms with Gasteiger partial charge in [-0.05, 0) is 69.7 Å². The van der Waals surface area contributed by atoms with Gasteiger partial charge >= 0.3 is 0 Å². The minimum absolute atomic E-state index is 0.586. The third-order valence-corrected chi connectivity index (χ3v) is 3.82. The molecule has 0 fully saturated rings. The first-order valence-electron chi connectivity index (χ1n) is 7.66. The summed E-state index contributed by atoms with van der Waals surface area (Å²) in [5.74, 6) is 0.934. The van der Waals surface area contributed by atoms with E-state index in [0.717, 1.165) is 30.2 Å². The molecular weight excluding hydrogens is 294 g/mol. The van der Waals surface area contributed by atoms with Gasteiger partial charge in [0.2, 0.25) is 0 Å². The number of benzene rings is 2. The zero-order valence-electron chi connectivity index (χ0n) is 13.6. The summed E-state index contributed by atoms with van der Waals surface area (Å²) in [6, 6.07) is 14.3. The van der Waals surface area contributed by atoms with Crippen LogP contribution in [0.4, 0.5) is 0 Å². The van der Waals surface area contributed by atoms with E-state index in [2.05, 4.69) is 50.2 Å². The van der Waals surface area contributed by atoms with Crippen LogP contribution >= 0.6 is 11.6 Å². The van der Waals surface area contributed by atoms with Crippen LogP contribution in [0.1, 0.15) is 23.1 Å². The average Bonchev–Trinajstić information content (AvgIpc) is 2.48.